The Bertz CT molecular complexity index is 772. The SMILES string of the molecule is Cn1ccnc1[C@H](O)C1CCN(C(=O)c2ccc(N3CCCC3)cc2)CC1. The van der Waals surface area contributed by atoms with Crippen molar-refractivity contribution in [3.05, 3.63) is 48.0 Å². The van der Waals surface area contributed by atoms with Crippen molar-refractivity contribution in [2.75, 3.05) is 31.1 Å². The summed E-state index contributed by atoms with van der Waals surface area (Å²) in [5.74, 6) is 0.942. The molecular formula is C21H28N4O2. The first-order valence-corrected chi connectivity index (χ1v) is 9.93. The molecule has 1 N–H and O–H groups in total. The predicted molar refractivity (Wildman–Crippen MR) is 105 cm³/mol. The monoisotopic (exact) mass is 368 g/mol. The summed E-state index contributed by atoms with van der Waals surface area (Å²) in [7, 11) is 1.90. The molecule has 6 nitrogen and oxygen atoms in total. The largest absolute Gasteiger partial charge is 0.385 e. The highest BCUT2D eigenvalue weighted by atomic mass is 16.3. The highest BCUT2D eigenvalue weighted by molar-refractivity contribution is 5.94. The van der Waals surface area contributed by atoms with Gasteiger partial charge in [-0.1, -0.05) is 0 Å². The molecule has 0 saturated carbocycles. The van der Waals surface area contributed by atoms with Gasteiger partial charge >= 0.3 is 0 Å². The Balaban J connectivity index is 1.35. The third-order valence-electron chi connectivity index (χ3n) is 5.98. The molecule has 3 heterocycles. The lowest BCUT2D eigenvalue weighted by atomic mass is 9.90. The van der Waals surface area contributed by atoms with Gasteiger partial charge in [-0.25, -0.2) is 4.98 Å². The second kappa shape index (κ2) is 7.72. The Labute approximate surface area is 160 Å². The van der Waals surface area contributed by atoms with E-state index in [4.69, 9.17) is 0 Å². The van der Waals surface area contributed by atoms with Crippen molar-refractivity contribution < 1.29 is 9.90 Å². The van der Waals surface area contributed by atoms with Gasteiger partial charge in [0.15, 0.2) is 0 Å². The lowest BCUT2D eigenvalue weighted by Crippen LogP contribution is -2.40. The number of piperidine rings is 1. The zero-order chi connectivity index (χ0) is 18.8. The second-order valence-corrected chi connectivity index (χ2v) is 7.71. The summed E-state index contributed by atoms with van der Waals surface area (Å²) in [6.45, 7) is 3.58. The minimum Gasteiger partial charge on any atom is -0.385 e. The van der Waals surface area contributed by atoms with Gasteiger partial charge in [0.25, 0.3) is 5.91 Å². The molecule has 0 unspecified atom stereocenters. The number of hydrogen-bond acceptors (Lipinski definition) is 4. The third-order valence-corrected chi connectivity index (χ3v) is 5.98. The van der Waals surface area contributed by atoms with Crippen LogP contribution in [0.25, 0.3) is 0 Å². The molecule has 0 radical (unpaired) electrons. The quantitative estimate of drug-likeness (QED) is 0.901. The van der Waals surface area contributed by atoms with E-state index in [1.165, 1.54) is 18.5 Å². The van der Waals surface area contributed by atoms with Gasteiger partial charge in [0.05, 0.1) is 0 Å². The zero-order valence-electron chi connectivity index (χ0n) is 15.9. The number of carbonyl (C=O) groups is 1. The van der Waals surface area contributed by atoms with Crippen LogP contribution in [0.3, 0.4) is 0 Å². The average Bonchev–Trinajstić information content (AvgIpc) is 3.39. The summed E-state index contributed by atoms with van der Waals surface area (Å²) in [5.41, 5.74) is 1.96. The highest BCUT2D eigenvalue weighted by Crippen LogP contribution is 2.30. The summed E-state index contributed by atoms with van der Waals surface area (Å²) in [4.78, 5) is 21.4. The van der Waals surface area contributed by atoms with Crippen LogP contribution < -0.4 is 4.90 Å². The van der Waals surface area contributed by atoms with Crippen molar-refractivity contribution in [3.63, 3.8) is 0 Å². The number of aliphatic hydroxyl groups excluding tert-OH is 1. The third kappa shape index (κ3) is 3.72. The van der Waals surface area contributed by atoms with E-state index < -0.39 is 6.10 Å². The van der Waals surface area contributed by atoms with Crippen LogP contribution >= 0.6 is 0 Å². The predicted octanol–water partition coefficient (Wildman–Crippen LogP) is 2.61. The van der Waals surface area contributed by atoms with E-state index in [0.29, 0.717) is 18.9 Å². The van der Waals surface area contributed by atoms with Crippen LogP contribution in [0.15, 0.2) is 36.7 Å². The smallest absolute Gasteiger partial charge is 0.253 e. The molecule has 0 bridgehead atoms. The maximum Gasteiger partial charge on any atom is 0.253 e. The van der Waals surface area contributed by atoms with Crippen molar-refractivity contribution in [2.24, 2.45) is 13.0 Å². The number of aromatic nitrogens is 2. The van der Waals surface area contributed by atoms with Crippen molar-refractivity contribution in [2.45, 2.75) is 31.8 Å². The van der Waals surface area contributed by atoms with Gasteiger partial charge in [0.1, 0.15) is 11.9 Å². The van der Waals surface area contributed by atoms with E-state index in [0.717, 1.165) is 31.5 Å². The van der Waals surface area contributed by atoms with Crippen molar-refractivity contribution in [1.82, 2.24) is 14.5 Å². The van der Waals surface area contributed by atoms with E-state index in [1.54, 1.807) is 6.20 Å². The molecule has 1 aromatic carbocycles. The van der Waals surface area contributed by atoms with Crippen LogP contribution in [0, 0.1) is 5.92 Å². The molecule has 2 aliphatic rings. The van der Waals surface area contributed by atoms with Gasteiger partial charge in [-0.15, -0.1) is 0 Å². The Morgan fingerprint density at radius 1 is 1.11 bits per heavy atom. The summed E-state index contributed by atoms with van der Waals surface area (Å²) in [6.07, 6.45) is 7.09. The van der Waals surface area contributed by atoms with Crippen molar-refractivity contribution >= 4 is 11.6 Å². The van der Waals surface area contributed by atoms with Crippen LogP contribution in [0.1, 0.15) is 48.0 Å². The average molecular weight is 368 g/mol. The molecule has 2 fully saturated rings. The second-order valence-electron chi connectivity index (χ2n) is 7.71. The number of anilines is 1. The molecule has 1 atom stereocenters. The summed E-state index contributed by atoms with van der Waals surface area (Å²) in [6, 6.07) is 8.03. The summed E-state index contributed by atoms with van der Waals surface area (Å²) >= 11 is 0. The number of likely N-dealkylation sites (tertiary alicyclic amines) is 1. The van der Waals surface area contributed by atoms with Crippen molar-refractivity contribution in [1.29, 1.82) is 0 Å². The van der Waals surface area contributed by atoms with E-state index in [1.807, 2.05) is 34.8 Å². The van der Waals surface area contributed by atoms with Gasteiger partial charge in [0.2, 0.25) is 0 Å². The minimum atomic E-state index is -0.568. The fourth-order valence-electron chi connectivity index (χ4n) is 4.26. The fraction of sp³-hybridized carbons (Fsp3) is 0.524. The molecule has 4 rings (SSSR count). The molecule has 2 aromatic rings. The molecule has 144 valence electrons. The molecule has 27 heavy (non-hydrogen) atoms. The minimum absolute atomic E-state index is 0.0907. The van der Waals surface area contributed by atoms with Gasteiger partial charge in [-0.2, -0.15) is 0 Å². The van der Waals surface area contributed by atoms with Crippen LogP contribution in [0.4, 0.5) is 5.69 Å². The van der Waals surface area contributed by atoms with Gasteiger partial charge in [0, 0.05) is 56.9 Å². The molecule has 6 heteroatoms. The Morgan fingerprint density at radius 2 is 1.78 bits per heavy atom. The topological polar surface area (TPSA) is 61.6 Å². The first-order chi connectivity index (χ1) is 13.1. The molecule has 2 saturated heterocycles. The first-order valence-electron chi connectivity index (χ1n) is 9.93. The van der Waals surface area contributed by atoms with Crippen LogP contribution in [-0.4, -0.2) is 51.6 Å². The number of hydrogen-bond donors (Lipinski definition) is 1. The number of carbonyl (C=O) groups excluding carboxylic acids is 1. The van der Waals surface area contributed by atoms with E-state index in [-0.39, 0.29) is 11.8 Å². The van der Waals surface area contributed by atoms with Crippen LogP contribution in [-0.2, 0) is 7.05 Å². The number of benzene rings is 1. The fourth-order valence-corrected chi connectivity index (χ4v) is 4.26. The summed E-state index contributed by atoms with van der Waals surface area (Å²) in [5, 5.41) is 10.6. The normalized spacial score (nSPS) is 19.5. The molecule has 1 aromatic heterocycles. The lowest BCUT2D eigenvalue weighted by molar-refractivity contribution is 0.0420. The molecule has 0 aliphatic carbocycles. The number of rotatable bonds is 4. The number of aliphatic hydroxyl groups is 1. The molecule has 1 amide bonds. The van der Waals surface area contributed by atoms with Crippen LogP contribution in [0.2, 0.25) is 0 Å². The Hall–Kier alpha value is -2.34. The van der Waals surface area contributed by atoms with Crippen molar-refractivity contribution in [3.8, 4) is 0 Å². The van der Waals surface area contributed by atoms with Gasteiger partial charge < -0.3 is 19.5 Å². The summed E-state index contributed by atoms with van der Waals surface area (Å²) < 4.78 is 1.87. The molecule has 2 aliphatic heterocycles. The Kier molecular flexibility index (Phi) is 5.16. The van der Waals surface area contributed by atoms with Gasteiger partial charge in [-0.3, -0.25) is 4.79 Å². The molecular weight excluding hydrogens is 340 g/mol. The van der Waals surface area contributed by atoms with Crippen LogP contribution in [0.5, 0.6) is 0 Å². The van der Waals surface area contributed by atoms with E-state index in [2.05, 4.69) is 22.0 Å². The zero-order valence-corrected chi connectivity index (χ0v) is 15.9. The maximum atomic E-state index is 12.8. The Morgan fingerprint density at radius 3 is 2.37 bits per heavy atom. The standard InChI is InChI=1S/C21H28N4O2/c1-23-15-10-22-20(23)19(26)16-8-13-25(14-9-16)21(27)17-4-6-18(7-5-17)24-11-2-3-12-24/h4-7,10,15-16,19,26H,2-3,8-9,11-14H2,1H3/t19-/m1/s1. The van der Waals surface area contributed by atoms with E-state index in [9.17, 15) is 9.90 Å². The maximum absolute atomic E-state index is 12.8. The molecule has 0 spiro atoms. The number of imidazole rings is 1. The number of amides is 1. The first kappa shape index (κ1) is 18.0. The number of nitrogens with zero attached hydrogens (tertiary/aromatic N) is 4. The number of aryl methyl sites for hydroxylation is 1. The van der Waals surface area contributed by atoms with E-state index >= 15 is 0 Å². The lowest BCUT2D eigenvalue weighted by Gasteiger charge is -2.34. The van der Waals surface area contributed by atoms with Gasteiger partial charge in [-0.05, 0) is 55.9 Å². The highest BCUT2D eigenvalue weighted by Gasteiger charge is 2.30.